The van der Waals surface area contributed by atoms with Gasteiger partial charge in [-0.25, -0.2) is 14.6 Å². The van der Waals surface area contributed by atoms with Crippen molar-refractivity contribution in [2.75, 3.05) is 5.32 Å². The molecule has 23 heavy (non-hydrogen) atoms. The van der Waals surface area contributed by atoms with Gasteiger partial charge in [0.15, 0.2) is 0 Å². The molecule has 1 aromatic heterocycles. The second kappa shape index (κ2) is 6.02. The number of aliphatic carboxylic acids is 1. The Bertz CT molecular complexity index is 689. The summed E-state index contributed by atoms with van der Waals surface area (Å²) in [5, 5.41) is 11.7. The number of rotatable bonds is 3. The Hall–Kier alpha value is -2.38. The fourth-order valence-corrected chi connectivity index (χ4v) is 2.63. The van der Waals surface area contributed by atoms with Crippen LogP contribution in [0.15, 0.2) is 11.0 Å². The first-order chi connectivity index (χ1) is 10.6. The Morgan fingerprint density at radius 3 is 2.65 bits per heavy atom. The van der Waals surface area contributed by atoms with Crippen LogP contribution in [0.4, 0.5) is 10.5 Å². The van der Waals surface area contributed by atoms with Gasteiger partial charge in [0, 0.05) is 5.92 Å². The SMILES string of the molecule is CC[C@@H]1C[C@@H](C(=O)O)n2c1ncc(NC(=O)OC(C)(C)C)c2=O. The molecule has 8 heteroatoms. The van der Waals surface area contributed by atoms with Gasteiger partial charge >= 0.3 is 12.1 Å². The highest BCUT2D eigenvalue weighted by atomic mass is 16.6. The van der Waals surface area contributed by atoms with E-state index in [4.69, 9.17) is 4.74 Å². The van der Waals surface area contributed by atoms with Crippen molar-refractivity contribution in [1.82, 2.24) is 9.55 Å². The number of aromatic nitrogens is 2. The van der Waals surface area contributed by atoms with Gasteiger partial charge in [0.1, 0.15) is 23.2 Å². The van der Waals surface area contributed by atoms with Gasteiger partial charge in [-0.1, -0.05) is 6.92 Å². The Kier molecular flexibility index (Phi) is 4.44. The maximum absolute atomic E-state index is 12.5. The third-order valence-corrected chi connectivity index (χ3v) is 3.62. The molecule has 2 rings (SSSR count). The molecule has 0 saturated carbocycles. The summed E-state index contributed by atoms with van der Waals surface area (Å²) >= 11 is 0. The normalized spacial score (nSPS) is 20.0. The standard InChI is InChI=1S/C15H21N3O5/c1-5-8-6-10(13(20)21)18-11(8)16-7-9(12(18)19)17-14(22)23-15(2,3)4/h7-8,10H,5-6H2,1-4H3,(H,17,22)(H,20,21)/t8-,10+/m1/s1. The van der Waals surface area contributed by atoms with Crippen molar-refractivity contribution in [2.24, 2.45) is 0 Å². The fourth-order valence-electron chi connectivity index (χ4n) is 2.63. The van der Waals surface area contributed by atoms with E-state index >= 15 is 0 Å². The summed E-state index contributed by atoms with van der Waals surface area (Å²) in [5.41, 5.74) is -1.38. The smallest absolute Gasteiger partial charge is 0.412 e. The molecule has 0 spiro atoms. The van der Waals surface area contributed by atoms with Gasteiger partial charge in [0.05, 0.1) is 6.20 Å². The lowest BCUT2D eigenvalue weighted by Gasteiger charge is -2.19. The lowest BCUT2D eigenvalue weighted by Crippen LogP contribution is -2.33. The van der Waals surface area contributed by atoms with Crippen molar-refractivity contribution in [3.05, 3.63) is 22.4 Å². The largest absolute Gasteiger partial charge is 0.480 e. The number of anilines is 1. The minimum absolute atomic E-state index is 0.0839. The lowest BCUT2D eigenvalue weighted by molar-refractivity contribution is -0.140. The molecule has 2 N–H and O–H groups in total. The van der Waals surface area contributed by atoms with E-state index in [1.807, 2.05) is 6.92 Å². The number of ether oxygens (including phenoxy) is 1. The van der Waals surface area contributed by atoms with Gasteiger partial charge in [-0.2, -0.15) is 0 Å². The Morgan fingerprint density at radius 1 is 1.48 bits per heavy atom. The van der Waals surface area contributed by atoms with Gasteiger partial charge in [-0.3, -0.25) is 14.7 Å². The summed E-state index contributed by atoms with van der Waals surface area (Å²) in [7, 11) is 0. The number of hydrogen-bond acceptors (Lipinski definition) is 5. The number of amides is 1. The molecule has 1 aliphatic heterocycles. The first-order valence-electron chi connectivity index (χ1n) is 7.48. The number of nitrogens with zero attached hydrogens (tertiary/aromatic N) is 2. The molecular weight excluding hydrogens is 302 g/mol. The zero-order chi connectivity index (χ0) is 17.4. The van der Waals surface area contributed by atoms with E-state index in [-0.39, 0.29) is 11.6 Å². The maximum Gasteiger partial charge on any atom is 0.412 e. The molecule has 0 aromatic carbocycles. The van der Waals surface area contributed by atoms with E-state index in [9.17, 15) is 19.5 Å². The molecule has 1 aliphatic rings. The van der Waals surface area contributed by atoms with Crippen LogP contribution >= 0.6 is 0 Å². The minimum atomic E-state index is -1.08. The predicted molar refractivity (Wildman–Crippen MR) is 82.7 cm³/mol. The first-order valence-corrected chi connectivity index (χ1v) is 7.48. The van der Waals surface area contributed by atoms with E-state index < -0.39 is 29.3 Å². The van der Waals surface area contributed by atoms with Crippen molar-refractivity contribution < 1.29 is 19.4 Å². The second-order valence-electron chi connectivity index (χ2n) is 6.53. The van der Waals surface area contributed by atoms with E-state index in [0.29, 0.717) is 18.7 Å². The number of carboxylic acid groups (broad SMARTS) is 1. The monoisotopic (exact) mass is 323 g/mol. The van der Waals surface area contributed by atoms with E-state index in [1.165, 1.54) is 6.20 Å². The maximum atomic E-state index is 12.5. The van der Waals surface area contributed by atoms with E-state index in [1.54, 1.807) is 20.8 Å². The van der Waals surface area contributed by atoms with E-state index in [0.717, 1.165) is 4.57 Å². The Morgan fingerprint density at radius 2 is 2.13 bits per heavy atom. The highest BCUT2D eigenvalue weighted by Crippen LogP contribution is 2.35. The zero-order valence-electron chi connectivity index (χ0n) is 13.6. The minimum Gasteiger partial charge on any atom is -0.480 e. The van der Waals surface area contributed by atoms with Gasteiger partial charge in [-0.05, 0) is 33.6 Å². The van der Waals surface area contributed by atoms with Gasteiger partial charge < -0.3 is 9.84 Å². The molecule has 0 radical (unpaired) electrons. The van der Waals surface area contributed by atoms with Crippen LogP contribution in [0, 0.1) is 0 Å². The summed E-state index contributed by atoms with van der Waals surface area (Å²) in [5.74, 6) is -0.723. The first kappa shape index (κ1) is 17.0. The molecule has 0 saturated heterocycles. The zero-order valence-corrected chi connectivity index (χ0v) is 13.6. The molecule has 0 aliphatic carbocycles. The van der Waals surface area contributed by atoms with Crippen LogP contribution in [-0.4, -0.2) is 32.3 Å². The topological polar surface area (TPSA) is 111 Å². The summed E-state index contributed by atoms with van der Waals surface area (Å²) in [4.78, 5) is 39.9. The summed E-state index contributed by atoms with van der Waals surface area (Å²) in [6.45, 7) is 7.02. The van der Waals surface area contributed by atoms with Crippen molar-refractivity contribution in [3.63, 3.8) is 0 Å². The van der Waals surface area contributed by atoms with Crippen molar-refractivity contribution >= 4 is 17.7 Å². The Balaban J connectivity index is 2.36. The average Bonchev–Trinajstić information content (AvgIpc) is 2.79. The molecule has 0 unspecified atom stereocenters. The number of carbonyl (C=O) groups is 2. The molecule has 126 valence electrons. The third-order valence-electron chi connectivity index (χ3n) is 3.62. The summed E-state index contributed by atoms with van der Waals surface area (Å²) < 4.78 is 6.25. The van der Waals surface area contributed by atoms with Crippen LogP contribution in [0.1, 0.15) is 58.3 Å². The van der Waals surface area contributed by atoms with Crippen molar-refractivity contribution in [2.45, 2.75) is 58.1 Å². The van der Waals surface area contributed by atoms with Crippen LogP contribution in [0.25, 0.3) is 0 Å². The summed E-state index contributed by atoms with van der Waals surface area (Å²) in [6, 6.07) is -0.963. The van der Waals surface area contributed by atoms with Crippen molar-refractivity contribution in [1.29, 1.82) is 0 Å². The predicted octanol–water partition coefficient (Wildman–Crippen LogP) is 2.11. The molecule has 1 aromatic rings. The number of fused-ring (bicyclic) bond motifs is 1. The van der Waals surface area contributed by atoms with Crippen LogP contribution < -0.4 is 10.9 Å². The van der Waals surface area contributed by atoms with Crippen molar-refractivity contribution in [3.8, 4) is 0 Å². The quantitative estimate of drug-likeness (QED) is 0.881. The summed E-state index contributed by atoms with van der Waals surface area (Å²) in [6.07, 6.45) is 1.48. The molecule has 0 fully saturated rings. The second-order valence-corrected chi connectivity index (χ2v) is 6.53. The fraction of sp³-hybridized carbons (Fsp3) is 0.600. The number of carboxylic acids is 1. The van der Waals surface area contributed by atoms with Crippen LogP contribution in [0.5, 0.6) is 0 Å². The highest BCUT2D eigenvalue weighted by Gasteiger charge is 2.37. The lowest BCUT2D eigenvalue weighted by atomic mass is 10.0. The molecule has 8 nitrogen and oxygen atoms in total. The number of carbonyl (C=O) groups excluding carboxylic acids is 1. The van der Waals surface area contributed by atoms with E-state index in [2.05, 4.69) is 10.3 Å². The van der Waals surface area contributed by atoms with Crippen LogP contribution in [-0.2, 0) is 9.53 Å². The number of hydrogen-bond donors (Lipinski definition) is 2. The average molecular weight is 323 g/mol. The molecule has 1 amide bonds. The molecule has 2 atom stereocenters. The number of nitrogens with one attached hydrogen (secondary N) is 1. The third kappa shape index (κ3) is 3.52. The molecular formula is C15H21N3O5. The highest BCUT2D eigenvalue weighted by molar-refractivity contribution is 5.84. The Labute approximate surface area is 133 Å². The van der Waals surface area contributed by atoms with Crippen LogP contribution in [0.3, 0.4) is 0 Å². The van der Waals surface area contributed by atoms with Gasteiger partial charge in [-0.15, -0.1) is 0 Å². The van der Waals surface area contributed by atoms with Gasteiger partial charge in [0.2, 0.25) is 0 Å². The van der Waals surface area contributed by atoms with Gasteiger partial charge in [0.25, 0.3) is 5.56 Å². The van der Waals surface area contributed by atoms with Crippen LogP contribution in [0.2, 0.25) is 0 Å². The molecule has 2 heterocycles. The molecule has 0 bridgehead atoms.